The van der Waals surface area contributed by atoms with Gasteiger partial charge < -0.3 is 14.8 Å². The molecule has 2 aromatic rings. The molecule has 1 N–H and O–H groups in total. The normalized spacial score (nSPS) is 14.2. The molecule has 7 heteroatoms. The van der Waals surface area contributed by atoms with Crippen LogP contribution < -0.4 is 14.8 Å². The minimum Gasteiger partial charge on any atom is -0.490 e. The van der Waals surface area contributed by atoms with Crippen LogP contribution in [0.5, 0.6) is 11.5 Å². The zero-order chi connectivity index (χ0) is 22.2. The molecule has 31 heavy (non-hydrogen) atoms. The Morgan fingerprint density at radius 3 is 2.65 bits per heavy atom. The van der Waals surface area contributed by atoms with E-state index in [-0.39, 0.29) is 29.9 Å². The Morgan fingerprint density at radius 1 is 1.26 bits per heavy atom. The van der Waals surface area contributed by atoms with E-state index in [4.69, 9.17) is 9.47 Å². The summed E-state index contributed by atoms with van der Waals surface area (Å²) in [7, 11) is 0. The number of rotatable bonds is 8. The smallest absolute Gasteiger partial charge is 0.262 e. The fourth-order valence-corrected chi connectivity index (χ4v) is 3.89. The fraction of sp³-hybridized carbons (Fsp3) is 0.333. The van der Waals surface area contributed by atoms with E-state index in [1.807, 2.05) is 13.0 Å². The average molecular weight is 487 g/mol. The van der Waals surface area contributed by atoms with Crippen molar-refractivity contribution in [1.82, 2.24) is 5.32 Å². The monoisotopic (exact) mass is 486 g/mol. The molecule has 162 valence electrons. The number of nitrogens with zero attached hydrogens (tertiary/aromatic N) is 1. The quantitative estimate of drug-likeness (QED) is 0.393. The van der Waals surface area contributed by atoms with Crippen molar-refractivity contribution in [3.63, 3.8) is 0 Å². The van der Waals surface area contributed by atoms with Gasteiger partial charge in [0.25, 0.3) is 5.91 Å². The Labute approximate surface area is 190 Å². The number of hydrogen-bond donors (Lipinski definition) is 1. The van der Waals surface area contributed by atoms with E-state index < -0.39 is 0 Å². The average Bonchev–Trinajstić information content (AvgIpc) is 3.26. The summed E-state index contributed by atoms with van der Waals surface area (Å²) in [6.07, 6.45) is 5.59. The number of nitriles is 1. The van der Waals surface area contributed by atoms with Gasteiger partial charge in [-0.2, -0.15) is 5.26 Å². The lowest BCUT2D eigenvalue weighted by atomic mass is 10.1. The number of carbonyl (C=O) groups excluding carboxylic acids is 1. The maximum Gasteiger partial charge on any atom is 0.262 e. The van der Waals surface area contributed by atoms with Gasteiger partial charge in [0, 0.05) is 16.1 Å². The summed E-state index contributed by atoms with van der Waals surface area (Å²) in [4.78, 5) is 12.5. The lowest BCUT2D eigenvalue weighted by Gasteiger charge is -2.15. The van der Waals surface area contributed by atoms with Crippen molar-refractivity contribution in [2.45, 2.75) is 45.3 Å². The Hall–Kier alpha value is -2.85. The first-order chi connectivity index (χ1) is 15.0. The molecule has 1 aliphatic rings. The Kier molecular flexibility index (Phi) is 8.07. The summed E-state index contributed by atoms with van der Waals surface area (Å²) >= 11 is 3.47. The van der Waals surface area contributed by atoms with E-state index in [1.165, 1.54) is 12.1 Å². The number of carbonyl (C=O) groups is 1. The first kappa shape index (κ1) is 22.8. The van der Waals surface area contributed by atoms with Crippen LogP contribution in [-0.2, 0) is 11.4 Å². The molecule has 0 saturated heterocycles. The molecule has 0 aliphatic heterocycles. The standard InChI is InChI=1S/C24H24BrFN2O3/c1-2-30-22-12-17(11-18(14-27)24(29)28-19-8-4-5-9-19)20(25)13-23(22)31-15-16-7-3-6-10-21(16)26/h3,6-7,10-13,19H,2,4-5,8-9,15H2,1H3,(H,28,29)/b18-11-. The number of halogens is 2. The largest absolute Gasteiger partial charge is 0.490 e. The lowest BCUT2D eigenvalue weighted by molar-refractivity contribution is -0.117. The number of amides is 1. The molecule has 0 radical (unpaired) electrons. The molecular weight excluding hydrogens is 463 g/mol. The molecule has 0 aromatic heterocycles. The summed E-state index contributed by atoms with van der Waals surface area (Å²) in [5.74, 6) is 0.162. The van der Waals surface area contributed by atoms with E-state index in [0.717, 1.165) is 25.7 Å². The van der Waals surface area contributed by atoms with E-state index in [2.05, 4.69) is 21.2 Å². The summed E-state index contributed by atoms with van der Waals surface area (Å²) < 4.78 is 26.0. The van der Waals surface area contributed by atoms with Crippen molar-refractivity contribution in [3.05, 3.63) is 63.4 Å². The minimum absolute atomic E-state index is 0.0232. The number of benzene rings is 2. The first-order valence-electron chi connectivity index (χ1n) is 10.3. The molecule has 0 spiro atoms. The van der Waals surface area contributed by atoms with Gasteiger partial charge >= 0.3 is 0 Å². The zero-order valence-electron chi connectivity index (χ0n) is 17.3. The van der Waals surface area contributed by atoms with E-state index in [0.29, 0.717) is 33.7 Å². The number of ether oxygens (including phenoxy) is 2. The molecule has 1 saturated carbocycles. The number of hydrogen-bond acceptors (Lipinski definition) is 4. The predicted octanol–water partition coefficient (Wildman–Crippen LogP) is 5.53. The molecule has 1 fully saturated rings. The summed E-state index contributed by atoms with van der Waals surface area (Å²) in [5.41, 5.74) is 1.07. The van der Waals surface area contributed by atoms with E-state index >= 15 is 0 Å². The molecule has 1 aliphatic carbocycles. The molecule has 3 rings (SSSR count). The molecule has 0 heterocycles. The minimum atomic E-state index is -0.376. The Bertz CT molecular complexity index is 1010. The van der Waals surface area contributed by atoms with Crippen LogP contribution in [0.25, 0.3) is 6.08 Å². The molecule has 0 atom stereocenters. The van der Waals surface area contributed by atoms with Gasteiger partial charge in [-0.3, -0.25) is 4.79 Å². The summed E-state index contributed by atoms with van der Waals surface area (Å²) in [6.45, 7) is 2.28. The molecule has 1 amide bonds. The van der Waals surface area contributed by atoms with Crippen LogP contribution in [-0.4, -0.2) is 18.6 Å². The third-order valence-electron chi connectivity index (χ3n) is 5.06. The second kappa shape index (κ2) is 11.0. The van der Waals surface area contributed by atoms with Gasteiger partial charge in [-0.25, -0.2) is 4.39 Å². The third-order valence-corrected chi connectivity index (χ3v) is 5.75. The maximum atomic E-state index is 13.9. The second-order valence-electron chi connectivity index (χ2n) is 7.26. The highest BCUT2D eigenvalue weighted by Crippen LogP contribution is 2.35. The van der Waals surface area contributed by atoms with E-state index in [1.54, 1.807) is 30.3 Å². The first-order valence-corrected chi connectivity index (χ1v) is 11.1. The predicted molar refractivity (Wildman–Crippen MR) is 120 cm³/mol. The van der Waals surface area contributed by atoms with Crippen LogP contribution in [0.2, 0.25) is 0 Å². The van der Waals surface area contributed by atoms with E-state index in [9.17, 15) is 14.4 Å². The van der Waals surface area contributed by atoms with Gasteiger partial charge in [-0.15, -0.1) is 0 Å². The van der Waals surface area contributed by atoms with Crippen LogP contribution in [0.1, 0.15) is 43.7 Å². The summed E-state index contributed by atoms with van der Waals surface area (Å²) in [6, 6.07) is 11.9. The molecular formula is C24H24BrFN2O3. The fourth-order valence-electron chi connectivity index (χ4n) is 3.45. The van der Waals surface area contributed by atoms with Crippen molar-refractivity contribution >= 4 is 27.9 Å². The zero-order valence-corrected chi connectivity index (χ0v) is 18.9. The molecule has 5 nitrogen and oxygen atoms in total. The van der Waals surface area contributed by atoms with Crippen molar-refractivity contribution in [2.24, 2.45) is 0 Å². The Morgan fingerprint density at radius 2 is 1.97 bits per heavy atom. The molecule has 2 aromatic carbocycles. The lowest BCUT2D eigenvalue weighted by Crippen LogP contribution is -2.33. The van der Waals surface area contributed by atoms with Crippen molar-refractivity contribution in [1.29, 1.82) is 5.26 Å². The highest BCUT2D eigenvalue weighted by molar-refractivity contribution is 9.10. The van der Waals surface area contributed by atoms with Gasteiger partial charge in [0.05, 0.1) is 6.61 Å². The topological polar surface area (TPSA) is 71.3 Å². The maximum absolute atomic E-state index is 13.9. The van der Waals surface area contributed by atoms with Gasteiger partial charge in [0.1, 0.15) is 24.1 Å². The summed E-state index contributed by atoms with van der Waals surface area (Å²) in [5, 5.41) is 12.4. The van der Waals surface area contributed by atoms with Crippen LogP contribution >= 0.6 is 15.9 Å². The van der Waals surface area contributed by atoms with Gasteiger partial charge in [0.15, 0.2) is 11.5 Å². The van der Waals surface area contributed by atoms with Gasteiger partial charge in [-0.05, 0) is 49.6 Å². The van der Waals surface area contributed by atoms with Crippen LogP contribution in [0.4, 0.5) is 4.39 Å². The van der Waals surface area contributed by atoms with Crippen molar-refractivity contribution < 1.29 is 18.7 Å². The Balaban J connectivity index is 1.82. The van der Waals surface area contributed by atoms with Crippen molar-refractivity contribution in [2.75, 3.05) is 6.61 Å². The second-order valence-corrected chi connectivity index (χ2v) is 8.11. The van der Waals surface area contributed by atoms with Crippen LogP contribution in [0.3, 0.4) is 0 Å². The highest BCUT2D eigenvalue weighted by Gasteiger charge is 2.20. The number of nitrogens with one attached hydrogen (secondary N) is 1. The highest BCUT2D eigenvalue weighted by atomic mass is 79.9. The SMILES string of the molecule is CCOc1cc(/C=C(/C#N)C(=O)NC2CCCC2)c(Br)cc1OCc1ccccc1F. The van der Waals surface area contributed by atoms with Gasteiger partial charge in [0.2, 0.25) is 0 Å². The van der Waals surface area contributed by atoms with Crippen molar-refractivity contribution in [3.8, 4) is 17.6 Å². The molecule has 0 unspecified atom stereocenters. The van der Waals surface area contributed by atoms with Crippen LogP contribution in [0, 0.1) is 17.1 Å². The third kappa shape index (κ3) is 6.08. The van der Waals surface area contributed by atoms with Gasteiger partial charge in [-0.1, -0.05) is 47.0 Å². The van der Waals surface area contributed by atoms with Crippen LogP contribution in [0.15, 0.2) is 46.4 Å². The molecule has 0 bridgehead atoms.